The fourth-order valence-electron chi connectivity index (χ4n) is 2.76. The summed E-state index contributed by atoms with van der Waals surface area (Å²) in [5, 5.41) is 17.2. The van der Waals surface area contributed by atoms with Gasteiger partial charge in [-0.3, -0.25) is 4.79 Å². The molecular weight excluding hydrogens is 362 g/mol. The summed E-state index contributed by atoms with van der Waals surface area (Å²) in [6.07, 6.45) is 1.54. The van der Waals surface area contributed by atoms with E-state index in [0.29, 0.717) is 31.0 Å². The van der Waals surface area contributed by atoms with E-state index < -0.39 is 9.84 Å². The van der Waals surface area contributed by atoms with Gasteiger partial charge in [0.05, 0.1) is 29.2 Å². The van der Waals surface area contributed by atoms with Gasteiger partial charge in [0, 0.05) is 27.1 Å². The van der Waals surface area contributed by atoms with Crippen LogP contribution in [0.4, 0.5) is 0 Å². The number of sulfone groups is 1. The molecule has 1 aliphatic heterocycles. The minimum absolute atomic E-state index is 0.0633. The van der Waals surface area contributed by atoms with E-state index in [-0.39, 0.29) is 28.6 Å². The lowest BCUT2D eigenvalue weighted by Gasteiger charge is -2.19. The third-order valence-corrected chi connectivity index (χ3v) is 7.25. The van der Waals surface area contributed by atoms with E-state index in [9.17, 15) is 13.2 Å². The lowest BCUT2D eigenvalue weighted by molar-refractivity contribution is -0.128. The number of hydrogen-bond donors (Lipinski definition) is 0. The Morgan fingerprint density at radius 2 is 2.24 bits per heavy atom. The smallest absolute Gasteiger partial charge is 0.235 e. The van der Waals surface area contributed by atoms with Crippen LogP contribution in [0.3, 0.4) is 0 Å². The largest absolute Gasteiger partial charge is 0.344 e. The van der Waals surface area contributed by atoms with Crippen LogP contribution >= 0.6 is 11.8 Å². The Kier molecular flexibility index (Phi) is 6.46. The van der Waals surface area contributed by atoms with E-state index in [1.807, 2.05) is 17.7 Å². The quantitative estimate of drug-likeness (QED) is 0.634. The van der Waals surface area contributed by atoms with Gasteiger partial charge in [-0.2, -0.15) is 5.26 Å². The molecule has 10 heteroatoms. The molecule has 1 aromatic rings. The molecule has 2 heterocycles. The topological polar surface area (TPSA) is 109 Å². The van der Waals surface area contributed by atoms with Gasteiger partial charge in [0.15, 0.2) is 15.0 Å². The summed E-state index contributed by atoms with van der Waals surface area (Å²) in [4.78, 5) is 13.8. The Labute approximate surface area is 152 Å². The molecule has 0 aromatic carbocycles. The number of hydrogen-bond acceptors (Lipinski definition) is 7. The summed E-state index contributed by atoms with van der Waals surface area (Å²) in [5.41, 5.74) is 0. The predicted molar refractivity (Wildman–Crippen MR) is 94.7 cm³/mol. The van der Waals surface area contributed by atoms with Crippen LogP contribution < -0.4 is 0 Å². The maximum atomic E-state index is 12.3. The maximum Gasteiger partial charge on any atom is 0.235 e. The van der Waals surface area contributed by atoms with Crippen molar-refractivity contribution in [2.45, 2.75) is 36.6 Å². The van der Waals surface area contributed by atoms with E-state index >= 15 is 0 Å². The first-order chi connectivity index (χ1) is 11.7. The number of aromatic nitrogens is 3. The third kappa shape index (κ3) is 5.19. The lowest BCUT2D eigenvalue weighted by atomic mass is 10.1. The van der Waals surface area contributed by atoms with Gasteiger partial charge in [-0.05, 0) is 19.3 Å². The van der Waals surface area contributed by atoms with Crippen molar-refractivity contribution in [3.8, 4) is 6.07 Å². The summed E-state index contributed by atoms with van der Waals surface area (Å²) in [7, 11) is 0.606. The molecule has 138 valence electrons. The molecule has 0 spiro atoms. The van der Waals surface area contributed by atoms with Gasteiger partial charge in [-0.25, -0.2) is 8.42 Å². The summed E-state index contributed by atoms with van der Waals surface area (Å²) in [6.45, 7) is 2.20. The second-order valence-electron chi connectivity index (χ2n) is 6.36. The minimum atomic E-state index is -2.90. The predicted octanol–water partition coefficient (Wildman–Crippen LogP) is 0.645. The van der Waals surface area contributed by atoms with Crippen LogP contribution in [0.15, 0.2) is 5.16 Å². The first-order valence-electron chi connectivity index (χ1n) is 8.10. The van der Waals surface area contributed by atoms with E-state index in [0.717, 1.165) is 5.82 Å². The Bertz CT molecular complexity index is 769. The minimum Gasteiger partial charge on any atom is -0.344 e. The maximum absolute atomic E-state index is 12.3. The van der Waals surface area contributed by atoms with Gasteiger partial charge in [-0.1, -0.05) is 11.8 Å². The molecule has 0 bridgehead atoms. The Morgan fingerprint density at radius 1 is 1.52 bits per heavy atom. The normalized spacial score (nSPS) is 20.2. The summed E-state index contributed by atoms with van der Waals surface area (Å²) >= 11 is 1.32. The molecule has 1 fully saturated rings. The van der Waals surface area contributed by atoms with E-state index in [2.05, 4.69) is 10.2 Å². The zero-order chi connectivity index (χ0) is 18.6. The molecule has 0 N–H and O–H groups in total. The molecule has 1 amide bonds. The first-order valence-corrected chi connectivity index (χ1v) is 10.8. The van der Waals surface area contributed by atoms with Crippen molar-refractivity contribution in [3.63, 3.8) is 0 Å². The lowest BCUT2D eigenvalue weighted by Crippen LogP contribution is -2.34. The average Bonchev–Trinajstić information content (AvgIpc) is 3.08. The second-order valence-corrected chi connectivity index (χ2v) is 9.90. The highest BCUT2D eigenvalue weighted by atomic mass is 32.2. The van der Waals surface area contributed by atoms with Crippen molar-refractivity contribution in [2.24, 2.45) is 13.0 Å². The van der Waals surface area contributed by atoms with E-state index in [1.165, 1.54) is 11.8 Å². The molecule has 8 nitrogen and oxygen atoms in total. The highest BCUT2D eigenvalue weighted by Crippen LogP contribution is 2.26. The van der Waals surface area contributed by atoms with Crippen LogP contribution in [0.25, 0.3) is 0 Å². The van der Waals surface area contributed by atoms with E-state index in [4.69, 9.17) is 5.26 Å². The average molecular weight is 386 g/mol. The standard InChI is InChI=1S/C15H23N5O3S2/c1-11(14(21)19(2)7-4-6-16)24-15-18-17-13(20(15)3)9-12-5-8-25(22,23)10-12/h11-12H,4-5,7-10H2,1-3H3/t11-,12-/m0/s1. The number of rotatable bonds is 7. The molecule has 2 atom stereocenters. The van der Waals surface area contributed by atoms with Crippen LogP contribution in [0.2, 0.25) is 0 Å². The van der Waals surface area contributed by atoms with Crippen LogP contribution in [0, 0.1) is 17.2 Å². The molecule has 1 aliphatic rings. The van der Waals surface area contributed by atoms with Gasteiger partial charge in [0.25, 0.3) is 0 Å². The Hall–Kier alpha value is -1.60. The first kappa shape index (κ1) is 19.7. The van der Waals surface area contributed by atoms with Crippen molar-refractivity contribution in [3.05, 3.63) is 5.82 Å². The summed E-state index contributed by atoms with van der Waals surface area (Å²) in [5.74, 6) is 1.22. The molecule has 1 saturated heterocycles. The zero-order valence-electron chi connectivity index (χ0n) is 14.7. The van der Waals surface area contributed by atoms with Gasteiger partial charge < -0.3 is 9.47 Å². The van der Waals surface area contributed by atoms with Crippen LogP contribution in [-0.2, 0) is 28.1 Å². The monoisotopic (exact) mass is 385 g/mol. The van der Waals surface area contributed by atoms with Gasteiger partial charge in [0.1, 0.15) is 5.82 Å². The van der Waals surface area contributed by atoms with Crippen molar-refractivity contribution < 1.29 is 13.2 Å². The molecule has 2 rings (SSSR count). The second kappa shape index (κ2) is 8.19. The molecular formula is C15H23N5O3S2. The number of carbonyl (C=O) groups is 1. The van der Waals surface area contributed by atoms with Crippen molar-refractivity contribution in [2.75, 3.05) is 25.1 Å². The molecule has 0 radical (unpaired) electrons. The Morgan fingerprint density at radius 3 is 2.84 bits per heavy atom. The number of amides is 1. The highest BCUT2D eigenvalue weighted by Gasteiger charge is 2.29. The van der Waals surface area contributed by atoms with Crippen molar-refractivity contribution >= 4 is 27.5 Å². The molecule has 0 aliphatic carbocycles. The molecule has 0 saturated carbocycles. The molecule has 1 aromatic heterocycles. The highest BCUT2D eigenvalue weighted by molar-refractivity contribution is 8.00. The van der Waals surface area contributed by atoms with E-state index in [1.54, 1.807) is 18.9 Å². The summed E-state index contributed by atoms with van der Waals surface area (Å²) < 4.78 is 25.0. The number of carbonyl (C=O) groups excluding carboxylic acids is 1. The fourth-order valence-corrected chi connectivity index (χ4v) is 5.57. The number of nitrogens with zero attached hydrogens (tertiary/aromatic N) is 5. The van der Waals surface area contributed by atoms with Crippen molar-refractivity contribution in [1.82, 2.24) is 19.7 Å². The number of thioether (sulfide) groups is 1. The number of nitriles is 1. The summed E-state index contributed by atoms with van der Waals surface area (Å²) in [6, 6.07) is 2.02. The zero-order valence-corrected chi connectivity index (χ0v) is 16.3. The third-order valence-electron chi connectivity index (χ3n) is 4.29. The SMILES string of the molecule is C[C@H](Sc1nnc(C[C@@H]2CCS(=O)(=O)C2)n1C)C(=O)N(C)CCC#N. The Balaban J connectivity index is 1.96. The molecule has 25 heavy (non-hydrogen) atoms. The van der Waals surface area contributed by atoms with Crippen LogP contribution in [-0.4, -0.2) is 64.3 Å². The molecule has 0 unspecified atom stereocenters. The van der Waals surface area contributed by atoms with Crippen LogP contribution in [0.5, 0.6) is 0 Å². The van der Waals surface area contributed by atoms with Gasteiger partial charge in [0.2, 0.25) is 5.91 Å². The van der Waals surface area contributed by atoms with Gasteiger partial charge in [-0.15, -0.1) is 10.2 Å². The van der Waals surface area contributed by atoms with Gasteiger partial charge >= 0.3 is 0 Å². The fraction of sp³-hybridized carbons (Fsp3) is 0.733. The van der Waals surface area contributed by atoms with Crippen LogP contribution in [0.1, 0.15) is 25.6 Å². The van der Waals surface area contributed by atoms with Crippen molar-refractivity contribution in [1.29, 1.82) is 5.26 Å².